The Balaban J connectivity index is 1.84. The fourth-order valence-electron chi connectivity index (χ4n) is 2.85. The summed E-state index contributed by atoms with van der Waals surface area (Å²) < 4.78 is 13.9. The Labute approximate surface area is 117 Å². The molecule has 4 nitrogen and oxygen atoms in total. The lowest BCUT2D eigenvalue weighted by Gasteiger charge is -2.33. The first-order valence-corrected chi connectivity index (χ1v) is 6.95. The first kappa shape index (κ1) is 13.2. The maximum atomic E-state index is 13.9. The van der Waals surface area contributed by atoms with E-state index in [0.29, 0.717) is 12.6 Å². The molecule has 0 saturated carbocycles. The molecule has 0 bridgehead atoms. The van der Waals surface area contributed by atoms with Crippen LogP contribution in [-0.2, 0) is 4.79 Å². The van der Waals surface area contributed by atoms with E-state index in [4.69, 9.17) is 0 Å². The highest BCUT2D eigenvalue weighted by atomic mass is 19.1. The molecule has 20 heavy (non-hydrogen) atoms. The molecule has 2 heterocycles. The summed E-state index contributed by atoms with van der Waals surface area (Å²) in [6.45, 7) is 4.26. The van der Waals surface area contributed by atoms with Crippen LogP contribution >= 0.6 is 0 Å². The topological polar surface area (TPSA) is 40.6 Å². The van der Waals surface area contributed by atoms with Crippen molar-refractivity contribution in [2.45, 2.75) is 19.8 Å². The average molecular weight is 276 g/mol. The van der Waals surface area contributed by atoms with Crippen LogP contribution < -0.4 is 4.90 Å². The number of hydrogen-bond acceptors (Lipinski definition) is 3. The Kier molecular flexibility index (Phi) is 3.30. The number of nitrogens with zero attached hydrogens (tertiary/aromatic N) is 2. The zero-order chi connectivity index (χ0) is 14.3. The highest BCUT2D eigenvalue weighted by molar-refractivity contribution is 6.52. The third-order valence-electron chi connectivity index (χ3n) is 4.16. The van der Waals surface area contributed by atoms with E-state index in [1.54, 1.807) is 0 Å². The van der Waals surface area contributed by atoms with Gasteiger partial charge in [-0.2, -0.15) is 0 Å². The molecule has 1 amide bonds. The molecule has 0 aliphatic carbocycles. The number of rotatable bonds is 2. The van der Waals surface area contributed by atoms with Crippen LogP contribution in [-0.4, -0.2) is 36.3 Å². The maximum absolute atomic E-state index is 13.9. The van der Waals surface area contributed by atoms with Gasteiger partial charge in [0.25, 0.3) is 5.78 Å². The Morgan fingerprint density at radius 1 is 1.25 bits per heavy atom. The lowest BCUT2D eigenvalue weighted by Crippen LogP contribution is -2.44. The number of carbonyl (C=O) groups excluding carboxylic acids is 2. The van der Waals surface area contributed by atoms with E-state index in [2.05, 4.69) is 11.8 Å². The van der Waals surface area contributed by atoms with Crippen molar-refractivity contribution in [2.75, 3.05) is 24.7 Å². The van der Waals surface area contributed by atoms with Crippen molar-refractivity contribution in [3.05, 3.63) is 29.6 Å². The monoisotopic (exact) mass is 276 g/mol. The Morgan fingerprint density at radius 3 is 2.65 bits per heavy atom. The van der Waals surface area contributed by atoms with Crippen molar-refractivity contribution in [3.8, 4) is 0 Å². The summed E-state index contributed by atoms with van der Waals surface area (Å²) in [6.07, 6.45) is 2.14. The summed E-state index contributed by atoms with van der Waals surface area (Å²) in [5.41, 5.74) is 0.321. The van der Waals surface area contributed by atoms with Gasteiger partial charge in [0.05, 0.1) is 17.9 Å². The molecule has 0 N–H and O–H groups in total. The van der Waals surface area contributed by atoms with Crippen LogP contribution in [0.4, 0.5) is 10.1 Å². The molecular weight excluding hydrogens is 259 g/mol. The third kappa shape index (κ3) is 2.12. The SMILES string of the molecule is CC1CCN(CN2C(=O)C(=O)c3cccc(F)c32)CC1. The van der Waals surface area contributed by atoms with Crippen molar-refractivity contribution in [2.24, 2.45) is 5.92 Å². The average Bonchev–Trinajstić information content (AvgIpc) is 2.68. The molecule has 1 fully saturated rings. The van der Waals surface area contributed by atoms with Crippen molar-refractivity contribution in [3.63, 3.8) is 0 Å². The normalized spacial score (nSPS) is 20.6. The lowest BCUT2D eigenvalue weighted by molar-refractivity contribution is -0.114. The quantitative estimate of drug-likeness (QED) is 0.776. The molecule has 1 aromatic rings. The van der Waals surface area contributed by atoms with Gasteiger partial charge in [-0.1, -0.05) is 13.0 Å². The minimum atomic E-state index is -0.622. The zero-order valence-corrected chi connectivity index (χ0v) is 11.4. The number of amides is 1. The van der Waals surface area contributed by atoms with Gasteiger partial charge in [-0.15, -0.1) is 0 Å². The first-order valence-electron chi connectivity index (χ1n) is 6.95. The molecule has 5 heteroatoms. The second-order valence-electron chi connectivity index (χ2n) is 5.64. The number of para-hydroxylation sites is 1. The summed E-state index contributed by atoms with van der Waals surface area (Å²) in [6, 6.07) is 4.26. The number of carbonyl (C=O) groups is 2. The number of Topliss-reactive ketones (excluding diaryl/α,β-unsaturated/α-hetero) is 1. The van der Waals surface area contributed by atoms with Gasteiger partial charge in [0.15, 0.2) is 0 Å². The van der Waals surface area contributed by atoms with Crippen LogP contribution in [0.1, 0.15) is 30.1 Å². The Hall–Kier alpha value is -1.75. The van der Waals surface area contributed by atoms with Crippen molar-refractivity contribution in [1.29, 1.82) is 0 Å². The number of halogens is 1. The van der Waals surface area contributed by atoms with E-state index in [1.807, 2.05) is 0 Å². The van der Waals surface area contributed by atoms with Crippen molar-refractivity contribution < 1.29 is 14.0 Å². The van der Waals surface area contributed by atoms with E-state index >= 15 is 0 Å². The number of piperidine rings is 1. The van der Waals surface area contributed by atoms with Gasteiger partial charge >= 0.3 is 5.91 Å². The number of ketones is 1. The zero-order valence-electron chi connectivity index (χ0n) is 11.4. The van der Waals surface area contributed by atoms with Crippen LogP contribution in [0.3, 0.4) is 0 Å². The maximum Gasteiger partial charge on any atom is 0.300 e. The van der Waals surface area contributed by atoms with Gasteiger partial charge in [-0.25, -0.2) is 4.39 Å². The fourth-order valence-corrected chi connectivity index (χ4v) is 2.85. The molecular formula is C15H17FN2O2. The minimum Gasteiger partial charge on any atom is -0.288 e. The van der Waals surface area contributed by atoms with Crippen molar-refractivity contribution in [1.82, 2.24) is 4.90 Å². The highest BCUT2D eigenvalue weighted by Gasteiger charge is 2.38. The molecule has 0 radical (unpaired) electrons. The summed E-state index contributed by atoms with van der Waals surface area (Å²) in [5, 5.41) is 0. The summed E-state index contributed by atoms with van der Waals surface area (Å²) >= 11 is 0. The molecule has 0 unspecified atom stereocenters. The summed E-state index contributed by atoms with van der Waals surface area (Å²) in [4.78, 5) is 27.3. The van der Waals surface area contributed by atoms with E-state index in [-0.39, 0.29) is 11.3 Å². The molecule has 3 rings (SSSR count). The van der Waals surface area contributed by atoms with Gasteiger partial charge in [-0.3, -0.25) is 19.4 Å². The lowest BCUT2D eigenvalue weighted by atomic mass is 10.00. The first-order chi connectivity index (χ1) is 9.58. The second kappa shape index (κ2) is 4.98. The van der Waals surface area contributed by atoms with E-state index < -0.39 is 17.5 Å². The third-order valence-corrected chi connectivity index (χ3v) is 4.16. The van der Waals surface area contributed by atoms with Crippen molar-refractivity contribution >= 4 is 17.4 Å². The minimum absolute atomic E-state index is 0.140. The molecule has 1 saturated heterocycles. The molecule has 0 aromatic heterocycles. The van der Waals surface area contributed by atoms with Crippen LogP contribution in [0.15, 0.2) is 18.2 Å². The predicted molar refractivity (Wildman–Crippen MR) is 73.1 cm³/mol. The number of likely N-dealkylation sites (tertiary alicyclic amines) is 1. The van der Waals surface area contributed by atoms with Crippen LogP contribution in [0.25, 0.3) is 0 Å². The standard InChI is InChI=1S/C15H17FN2O2/c1-10-5-7-17(8-6-10)9-18-13-11(14(19)15(18)20)3-2-4-12(13)16/h2-4,10H,5-9H2,1H3. The number of fused-ring (bicyclic) bond motifs is 1. The van der Waals surface area contributed by atoms with Crippen LogP contribution in [0.5, 0.6) is 0 Å². The number of benzene rings is 1. The van der Waals surface area contributed by atoms with Gasteiger partial charge in [0.2, 0.25) is 0 Å². The molecule has 2 aliphatic rings. The Bertz CT molecular complexity index is 565. The molecule has 0 atom stereocenters. The predicted octanol–water partition coefficient (Wildman–Crippen LogP) is 2.04. The van der Waals surface area contributed by atoms with E-state index in [1.165, 1.54) is 23.1 Å². The fraction of sp³-hybridized carbons (Fsp3) is 0.467. The Morgan fingerprint density at radius 2 is 1.95 bits per heavy atom. The molecule has 106 valence electrons. The highest BCUT2D eigenvalue weighted by Crippen LogP contribution is 2.32. The number of hydrogen-bond donors (Lipinski definition) is 0. The van der Waals surface area contributed by atoms with Gasteiger partial charge in [0.1, 0.15) is 5.82 Å². The van der Waals surface area contributed by atoms with Gasteiger partial charge in [0, 0.05) is 13.1 Å². The molecule has 0 spiro atoms. The summed E-state index contributed by atoms with van der Waals surface area (Å²) in [7, 11) is 0. The van der Waals surface area contributed by atoms with Crippen LogP contribution in [0.2, 0.25) is 0 Å². The largest absolute Gasteiger partial charge is 0.300 e. The molecule has 1 aromatic carbocycles. The van der Waals surface area contributed by atoms with E-state index in [0.717, 1.165) is 25.9 Å². The second-order valence-corrected chi connectivity index (χ2v) is 5.64. The summed E-state index contributed by atoms with van der Waals surface area (Å²) in [5.74, 6) is -1.05. The molecule has 2 aliphatic heterocycles. The number of anilines is 1. The smallest absolute Gasteiger partial charge is 0.288 e. The van der Waals surface area contributed by atoms with Crippen LogP contribution in [0, 0.1) is 11.7 Å². The van der Waals surface area contributed by atoms with Gasteiger partial charge in [-0.05, 0) is 30.9 Å². The van der Waals surface area contributed by atoms with Gasteiger partial charge < -0.3 is 0 Å². The van der Waals surface area contributed by atoms with E-state index in [9.17, 15) is 14.0 Å².